The number of pyridine rings is 1. The fourth-order valence-corrected chi connectivity index (χ4v) is 4.61. The lowest BCUT2D eigenvalue weighted by molar-refractivity contribution is -0.119. The number of amides is 3. The van der Waals surface area contributed by atoms with Crippen LogP contribution in [-0.2, 0) is 9.53 Å². The van der Waals surface area contributed by atoms with E-state index in [1.807, 2.05) is 6.92 Å². The summed E-state index contributed by atoms with van der Waals surface area (Å²) in [4.78, 5) is 52.5. The molecule has 12 heteroatoms. The SMILES string of the molecule is Cc1cc(N2C[C@H](CNC(=O)c3ccc(Cl)s3)OC2=O)ccc1-c1cc[nH]c(=O)c1OCC(N)=O. The smallest absolute Gasteiger partial charge is 0.414 e. The second kappa shape index (κ2) is 10.2. The van der Waals surface area contributed by atoms with Gasteiger partial charge in [-0.15, -0.1) is 11.3 Å². The van der Waals surface area contributed by atoms with Crippen LogP contribution in [0, 0.1) is 6.92 Å². The van der Waals surface area contributed by atoms with Gasteiger partial charge >= 0.3 is 6.09 Å². The minimum atomic E-state index is -0.705. The van der Waals surface area contributed by atoms with Gasteiger partial charge in [0.25, 0.3) is 17.4 Å². The molecule has 3 aromatic rings. The third kappa shape index (κ3) is 5.47. The van der Waals surface area contributed by atoms with Crippen LogP contribution in [0.3, 0.4) is 0 Å². The summed E-state index contributed by atoms with van der Waals surface area (Å²) in [5.41, 5.74) is 7.17. The number of aromatic nitrogens is 1. The van der Waals surface area contributed by atoms with E-state index in [9.17, 15) is 19.2 Å². The van der Waals surface area contributed by atoms with Gasteiger partial charge in [0.15, 0.2) is 12.4 Å². The van der Waals surface area contributed by atoms with Crippen molar-refractivity contribution in [3.8, 4) is 16.9 Å². The topological polar surface area (TPSA) is 144 Å². The average Bonchev–Trinajstić information content (AvgIpc) is 3.41. The number of anilines is 1. The van der Waals surface area contributed by atoms with Crippen molar-refractivity contribution in [2.45, 2.75) is 13.0 Å². The number of nitrogens with two attached hydrogens (primary N) is 1. The predicted octanol–water partition coefficient (Wildman–Crippen LogP) is 2.68. The van der Waals surface area contributed by atoms with Crippen LogP contribution in [0.2, 0.25) is 4.34 Å². The van der Waals surface area contributed by atoms with Crippen molar-refractivity contribution >= 4 is 46.5 Å². The number of nitrogens with zero attached hydrogens (tertiary/aromatic N) is 1. The normalized spacial score (nSPS) is 15.1. The number of thiophene rings is 1. The van der Waals surface area contributed by atoms with Crippen molar-refractivity contribution in [2.75, 3.05) is 24.6 Å². The lowest BCUT2D eigenvalue weighted by atomic mass is 10.00. The standard InChI is InChI=1S/C23H21ClN4O6S/c1-12-8-13(2-3-15(12)16-6-7-26-22(31)20(16)33-11-19(25)29)28-10-14(34-23(28)32)9-27-21(30)17-4-5-18(24)35-17/h2-8,14H,9-11H2,1H3,(H2,25,29)(H,26,31)(H,27,30)/t14-/m0/s1. The molecule has 1 aliphatic heterocycles. The van der Waals surface area contributed by atoms with Gasteiger partial charge in [-0.2, -0.15) is 0 Å². The first-order valence-electron chi connectivity index (χ1n) is 10.5. The Kier molecular flexibility index (Phi) is 7.08. The number of halogens is 1. The van der Waals surface area contributed by atoms with Gasteiger partial charge in [-0.3, -0.25) is 19.3 Å². The van der Waals surface area contributed by atoms with Crippen LogP contribution >= 0.6 is 22.9 Å². The summed E-state index contributed by atoms with van der Waals surface area (Å²) in [6, 6.07) is 10.2. The first-order chi connectivity index (χ1) is 16.7. The highest BCUT2D eigenvalue weighted by atomic mass is 35.5. The number of carbonyl (C=O) groups is 3. The molecule has 1 fully saturated rings. The van der Waals surface area contributed by atoms with Gasteiger partial charge in [0.2, 0.25) is 0 Å². The molecule has 2 aromatic heterocycles. The number of H-pyrrole nitrogens is 1. The van der Waals surface area contributed by atoms with Crippen molar-refractivity contribution in [1.29, 1.82) is 0 Å². The number of hydrogen-bond donors (Lipinski definition) is 3. The molecule has 0 unspecified atom stereocenters. The Morgan fingerprint density at radius 2 is 2.06 bits per heavy atom. The highest BCUT2D eigenvalue weighted by molar-refractivity contribution is 7.18. The number of nitrogens with one attached hydrogen (secondary N) is 2. The van der Waals surface area contributed by atoms with Crippen LogP contribution in [-0.4, -0.2) is 48.7 Å². The number of carbonyl (C=O) groups excluding carboxylic acids is 3. The fourth-order valence-electron chi connectivity index (χ4n) is 3.65. The minimum Gasteiger partial charge on any atom is -0.477 e. The molecule has 182 valence electrons. The molecular formula is C23H21ClN4O6S. The number of benzene rings is 1. The first-order valence-corrected chi connectivity index (χ1v) is 11.7. The van der Waals surface area contributed by atoms with Crippen molar-refractivity contribution in [2.24, 2.45) is 5.73 Å². The van der Waals surface area contributed by atoms with Gasteiger partial charge in [-0.1, -0.05) is 17.7 Å². The predicted molar refractivity (Wildman–Crippen MR) is 131 cm³/mol. The van der Waals surface area contributed by atoms with Crippen LogP contribution in [0.1, 0.15) is 15.2 Å². The van der Waals surface area contributed by atoms with E-state index in [1.54, 1.807) is 36.4 Å². The van der Waals surface area contributed by atoms with Crippen LogP contribution in [0.15, 0.2) is 47.4 Å². The molecule has 1 aromatic carbocycles. The molecule has 1 atom stereocenters. The molecule has 0 spiro atoms. The van der Waals surface area contributed by atoms with Gasteiger partial charge in [-0.25, -0.2) is 4.79 Å². The number of hydrogen-bond acceptors (Lipinski definition) is 7. The lowest BCUT2D eigenvalue weighted by Gasteiger charge is -2.17. The number of rotatable bonds is 8. The molecule has 35 heavy (non-hydrogen) atoms. The highest BCUT2D eigenvalue weighted by Gasteiger charge is 2.33. The quantitative estimate of drug-likeness (QED) is 0.420. The van der Waals surface area contributed by atoms with E-state index in [1.165, 1.54) is 22.4 Å². The van der Waals surface area contributed by atoms with Crippen molar-refractivity contribution in [3.05, 3.63) is 67.7 Å². The zero-order valence-electron chi connectivity index (χ0n) is 18.5. The minimum absolute atomic E-state index is 0.0226. The monoisotopic (exact) mass is 516 g/mol. The van der Waals surface area contributed by atoms with Crippen LogP contribution in [0.25, 0.3) is 11.1 Å². The van der Waals surface area contributed by atoms with E-state index in [0.717, 1.165) is 5.56 Å². The summed E-state index contributed by atoms with van der Waals surface area (Å²) in [6.07, 6.45) is 0.420. The molecule has 3 amide bonds. The first kappa shape index (κ1) is 24.3. The van der Waals surface area contributed by atoms with Crippen molar-refractivity contribution in [3.63, 3.8) is 0 Å². The maximum absolute atomic E-state index is 12.5. The summed E-state index contributed by atoms with van der Waals surface area (Å²) in [5, 5.41) is 2.75. The van der Waals surface area contributed by atoms with Gasteiger partial charge in [0.1, 0.15) is 6.10 Å². The van der Waals surface area contributed by atoms with Crippen LogP contribution < -0.4 is 26.2 Å². The van der Waals surface area contributed by atoms with E-state index in [-0.39, 0.29) is 24.7 Å². The summed E-state index contributed by atoms with van der Waals surface area (Å²) in [6.45, 7) is 1.79. The highest BCUT2D eigenvalue weighted by Crippen LogP contribution is 2.33. The van der Waals surface area contributed by atoms with Crippen LogP contribution in [0.5, 0.6) is 5.75 Å². The largest absolute Gasteiger partial charge is 0.477 e. The van der Waals surface area contributed by atoms with E-state index >= 15 is 0 Å². The number of ether oxygens (including phenoxy) is 2. The number of aryl methyl sites for hydroxylation is 1. The van der Waals surface area contributed by atoms with E-state index in [0.29, 0.717) is 26.0 Å². The van der Waals surface area contributed by atoms with Gasteiger partial charge < -0.3 is 25.5 Å². The molecule has 10 nitrogen and oxygen atoms in total. The average molecular weight is 517 g/mol. The molecule has 1 saturated heterocycles. The molecule has 4 N–H and O–H groups in total. The Balaban J connectivity index is 1.47. The Bertz CT molecular complexity index is 1350. The molecule has 0 saturated carbocycles. The summed E-state index contributed by atoms with van der Waals surface area (Å²) >= 11 is 7.03. The second-order valence-corrected chi connectivity index (χ2v) is 9.45. The molecule has 4 rings (SSSR count). The summed E-state index contributed by atoms with van der Waals surface area (Å²) < 4.78 is 11.3. The van der Waals surface area contributed by atoms with Gasteiger partial charge in [0, 0.05) is 17.4 Å². The lowest BCUT2D eigenvalue weighted by Crippen LogP contribution is -2.34. The Hall–Kier alpha value is -3.83. The van der Waals surface area contributed by atoms with E-state index < -0.39 is 30.3 Å². The maximum atomic E-state index is 12.5. The van der Waals surface area contributed by atoms with Gasteiger partial charge in [-0.05, 0) is 48.4 Å². The molecular weight excluding hydrogens is 496 g/mol. The van der Waals surface area contributed by atoms with E-state index in [4.69, 9.17) is 26.8 Å². The van der Waals surface area contributed by atoms with Crippen molar-refractivity contribution < 1.29 is 23.9 Å². The number of aromatic amines is 1. The molecule has 0 bridgehead atoms. The van der Waals surface area contributed by atoms with Crippen LogP contribution in [0.4, 0.5) is 10.5 Å². The Morgan fingerprint density at radius 3 is 2.74 bits per heavy atom. The molecule has 3 heterocycles. The van der Waals surface area contributed by atoms with Crippen molar-refractivity contribution in [1.82, 2.24) is 10.3 Å². The summed E-state index contributed by atoms with van der Waals surface area (Å²) in [7, 11) is 0. The molecule has 1 aliphatic rings. The summed E-state index contributed by atoms with van der Waals surface area (Å²) in [5.74, 6) is -1.02. The fraction of sp³-hybridized carbons (Fsp3) is 0.217. The molecule has 0 aliphatic carbocycles. The molecule has 0 radical (unpaired) electrons. The Morgan fingerprint density at radius 1 is 1.26 bits per heavy atom. The zero-order valence-corrected chi connectivity index (χ0v) is 20.1. The number of cyclic esters (lactones) is 1. The zero-order chi connectivity index (χ0) is 25.1. The third-order valence-corrected chi connectivity index (χ3v) is 6.48. The van der Waals surface area contributed by atoms with Gasteiger partial charge in [0.05, 0.1) is 22.3 Å². The second-order valence-electron chi connectivity index (χ2n) is 7.73. The Labute approximate surface area is 208 Å². The maximum Gasteiger partial charge on any atom is 0.414 e. The van der Waals surface area contributed by atoms with E-state index in [2.05, 4.69) is 10.3 Å². The third-order valence-electron chi connectivity index (χ3n) is 5.25. The number of primary amides is 1.